The van der Waals surface area contributed by atoms with Crippen molar-refractivity contribution in [3.8, 4) is 28.4 Å². The Hall–Kier alpha value is -5.25. The van der Waals surface area contributed by atoms with Crippen LogP contribution in [0.1, 0.15) is 52.7 Å². The molecule has 1 unspecified atom stereocenters. The van der Waals surface area contributed by atoms with Crippen molar-refractivity contribution in [3.05, 3.63) is 101 Å². The van der Waals surface area contributed by atoms with Crippen LogP contribution in [0.5, 0.6) is 17.2 Å². The third kappa shape index (κ3) is 7.12. The molecule has 1 atom stereocenters. The summed E-state index contributed by atoms with van der Waals surface area (Å²) in [6, 6.07) is 16.5. The minimum atomic E-state index is -1.14. The summed E-state index contributed by atoms with van der Waals surface area (Å²) < 4.78 is 34.7. The van der Waals surface area contributed by atoms with Crippen molar-refractivity contribution in [2.24, 2.45) is 0 Å². The normalized spacial score (nSPS) is 14.6. The Labute approximate surface area is 259 Å². The molecule has 232 valence electrons. The Kier molecular flexibility index (Phi) is 9.42. The Balaban J connectivity index is 1.14. The first kappa shape index (κ1) is 31.2. The largest absolute Gasteiger partial charge is 0.494 e. The number of nitrogens with zero attached hydrogens (tertiary/aromatic N) is 1. The topological polar surface area (TPSA) is 108 Å². The number of benzene rings is 3. The van der Waals surface area contributed by atoms with Gasteiger partial charge in [-0.25, -0.2) is 9.59 Å². The average Bonchev–Trinajstić information content (AvgIpc) is 3.49. The Morgan fingerprint density at radius 3 is 2.16 bits per heavy atom. The fourth-order valence-corrected chi connectivity index (χ4v) is 5.26. The van der Waals surface area contributed by atoms with Crippen LogP contribution in [-0.4, -0.2) is 55.0 Å². The predicted octanol–water partition coefficient (Wildman–Crippen LogP) is 5.84. The summed E-state index contributed by atoms with van der Waals surface area (Å²) in [4.78, 5) is 48.7. The number of carbonyl (C=O) groups excluding carboxylic acids is 4. The second-order valence-corrected chi connectivity index (χ2v) is 10.7. The van der Waals surface area contributed by atoms with Gasteiger partial charge in [-0.15, -0.1) is 0 Å². The SMILES string of the molecule is C=C(F)C(=O)OCCCOc1ccc(C(=O)Oc2ccc3c(c2)C(C)c2cc(OCCCN4C(=O)C=CC4=O)ccc2-3)cc1C. The van der Waals surface area contributed by atoms with Gasteiger partial charge in [0.05, 0.1) is 25.4 Å². The highest BCUT2D eigenvalue weighted by atomic mass is 19.1. The van der Waals surface area contributed by atoms with Crippen LogP contribution in [0.2, 0.25) is 0 Å². The van der Waals surface area contributed by atoms with E-state index in [1.165, 1.54) is 17.1 Å². The Morgan fingerprint density at radius 1 is 0.844 bits per heavy atom. The first-order valence-electron chi connectivity index (χ1n) is 14.5. The van der Waals surface area contributed by atoms with Crippen molar-refractivity contribution in [3.63, 3.8) is 0 Å². The first-order chi connectivity index (χ1) is 21.6. The standard InChI is InChI=1S/C35H32FNO8/c1-21-18-24(6-11-31(21)43-16-5-17-44-34(40)23(3)36)35(41)45-26-8-10-28-27-9-7-25(19-29(27)22(2)30(28)20-26)42-15-4-14-37-32(38)12-13-33(37)39/h6-13,18-20,22H,3-5,14-17H2,1-2H3. The number of fused-ring (bicyclic) bond motifs is 3. The van der Waals surface area contributed by atoms with Crippen molar-refractivity contribution in [2.75, 3.05) is 26.4 Å². The zero-order valence-electron chi connectivity index (χ0n) is 25.0. The maximum Gasteiger partial charge on any atom is 0.366 e. The van der Waals surface area contributed by atoms with Gasteiger partial charge in [0.25, 0.3) is 11.8 Å². The molecular formula is C35H32FNO8. The van der Waals surface area contributed by atoms with Gasteiger partial charge in [0.2, 0.25) is 5.83 Å². The van der Waals surface area contributed by atoms with E-state index in [0.717, 1.165) is 27.8 Å². The van der Waals surface area contributed by atoms with Crippen molar-refractivity contribution in [2.45, 2.75) is 32.6 Å². The number of rotatable bonds is 13. The molecule has 9 nitrogen and oxygen atoms in total. The summed E-state index contributed by atoms with van der Waals surface area (Å²) in [6.45, 7) is 7.67. The summed E-state index contributed by atoms with van der Waals surface area (Å²) in [6.07, 6.45) is 3.43. The second kappa shape index (κ2) is 13.6. The van der Waals surface area contributed by atoms with Crippen LogP contribution >= 0.6 is 0 Å². The van der Waals surface area contributed by atoms with E-state index in [-0.39, 0.29) is 30.9 Å². The minimum Gasteiger partial charge on any atom is -0.494 e. The molecule has 0 N–H and O–H groups in total. The monoisotopic (exact) mass is 613 g/mol. The maximum absolute atomic E-state index is 13.0. The van der Waals surface area contributed by atoms with E-state index in [1.807, 2.05) is 30.3 Å². The summed E-state index contributed by atoms with van der Waals surface area (Å²) in [5.74, 6) is -1.60. The van der Waals surface area contributed by atoms with Gasteiger partial charge in [0.1, 0.15) is 17.2 Å². The van der Waals surface area contributed by atoms with Gasteiger partial charge >= 0.3 is 11.9 Å². The zero-order valence-corrected chi connectivity index (χ0v) is 25.0. The highest BCUT2D eigenvalue weighted by Crippen LogP contribution is 2.47. The third-order valence-corrected chi connectivity index (χ3v) is 7.59. The van der Waals surface area contributed by atoms with Crippen molar-refractivity contribution in [1.82, 2.24) is 4.90 Å². The van der Waals surface area contributed by atoms with E-state index in [0.29, 0.717) is 48.8 Å². The van der Waals surface area contributed by atoms with Crippen LogP contribution in [0, 0.1) is 6.92 Å². The van der Waals surface area contributed by atoms with Crippen LogP contribution in [0.25, 0.3) is 11.1 Å². The number of carbonyl (C=O) groups is 4. The molecule has 10 heteroatoms. The summed E-state index contributed by atoms with van der Waals surface area (Å²) in [7, 11) is 0. The molecule has 1 heterocycles. The Morgan fingerprint density at radius 2 is 1.49 bits per heavy atom. The van der Waals surface area contributed by atoms with Crippen LogP contribution < -0.4 is 14.2 Å². The number of hydrogen-bond acceptors (Lipinski definition) is 8. The van der Waals surface area contributed by atoms with Gasteiger partial charge in [-0.05, 0) is 83.6 Å². The molecule has 0 saturated carbocycles. The number of amides is 2. The Bertz CT molecular complexity index is 1690. The molecule has 2 amide bonds. The smallest absolute Gasteiger partial charge is 0.366 e. The lowest BCUT2D eigenvalue weighted by atomic mass is 9.99. The predicted molar refractivity (Wildman–Crippen MR) is 163 cm³/mol. The van der Waals surface area contributed by atoms with Gasteiger partial charge in [0.15, 0.2) is 0 Å². The lowest BCUT2D eigenvalue weighted by molar-refractivity contribution is -0.141. The van der Waals surface area contributed by atoms with E-state index in [1.54, 1.807) is 31.2 Å². The molecule has 3 aromatic carbocycles. The van der Waals surface area contributed by atoms with Gasteiger partial charge in [-0.2, -0.15) is 4.39 Å². The molecule has 0 spiro atoms. The fourth-order valence-electron chi connectivity index (χ4n) is 5.26. The molecule has 0 fully saturated rings. The van der Waals surface area contributed by atoms with Gasteiger partial charge in [0, 0.05) is 31.0 Å². The van der Waals surface area contributed by atoms with E-state index in [2.05, 4.69) is 13.5 Å². The van der Waals surface area contributed by atoms with E-state index in [9.17, 15) is 23.6 Å². The molecule has 2 aliphatic rings. The zero-order chi connectivity index (χ0) is 32.1. The van der Waals surface area contributed by atoms with Crippen molar-refractivity contribution in [1.29, 1.82) is 0 Å². The molecule has 5 rings (SSSR count). The molecule has 0 saturated heterocycles. The lowest BCUT2D eigenvalue weighted by Gasteiger charge is -2.14. The minimum absolute atomic E-state index is 0.00400. The highest BCUT2D eigenvalue weighted by Gasteiger charge is 2.27. The van der Waals surface area contributed by atoms with E-state index >= 15 is 0 Å². The van der Waals surface area contributed by atoms with E-state index in [4.69, 9.17) is 18.9 Å². The average molecular weight is 614 g/mol. The molecule has 3 aromatic rings. The van der Waals surface area contributed by atoms with Crippen LogP contribution in [-0.2, 0) is 19.1 Å². The number of ether oxygens (including phenoxy) is 4. The maximum atomic E-state index is 13.0. The van der Waals surface area contributed by atoms with Gasteiger partial charge in [-0.1, -0.05) is 25.6 Å². The van der Waals surface area contributed by atoms with Crippen LogP contribution in [0.4, 0.5) is 4.39 Å². The number of aryl methyl sites for hydroxylation is 1. The fraction of sp³-hybridized carbons (Fsp3) is 0.257. The van der Waals surface area contributed by atoms with Gasteiger partial charge < -0.3 is 18.9 Å². The quantitative estimate of drug-likeness (QED) is 0.0779. The summed E-state index contributed by atoms with van der Waals surface area (Å²) in [5, 5.41) is 0. The number of halogens is 1. The van der Waals surface area contributed by atoms with Gasteiger partial charge in [-0.3, -0.25) is 14.5 Å². The van der Waals surface area contributed by atoms with Crippen molar-refractivity contribution < 1.29 is 42.5 Å². The van der Waals surface area contributed by atoms with Crippen molar-refractivity contribution >= 4 is 23.8 Å². The molecule has 1 aliphatic heterocycles. The molecule has 45 heavy (non-hydrogen) atoms. The highest BCUT2D eigenvalue weighted by molar-refractivity contribution is 6.12. The summed E-state index contributed by atoms with van der Waals surface area (Å²) >= 11 is 0. The molecule has 1 aliphatic carbocycles. The molecule has 0 bridgehead atoms. The van der Waals surface area contributed by atoms with Crippen LogP contribution in [0.15, 0.2) is 79.2 Å². The first-order valence-corrected chi connectivity index (χ1v) is 14.5. The number of esters is 2. The lowest BCUT2D eigenvalue weighted by Crippen LogP contribution is -2.31. The molecule has 0 radical (unpaired) electrons. The number of imide groups is 1. The molecule has 0 aromatic heterocycles. The van der Waals surface area contributed by atoms with E-state index < -0.39 is 17.8 Å². The third-order valence-electron chi connectivity index (χ3n) is 7.59. The molecular weight excluding hydrogens is 581 g/mol. The second-order valence-electron chi connectivity index (χ2n) is 10.7. The number of hydrogen-bond donors (Lipinski definition) is 0. The van der Waals surface area contributed by atoms with Crippen LogP contribution in [0.3, 0.4) is 0 Å². The summed E-state index contributed by atoms with van der Waals surface area (Å²) in [5.41, 5.74) is 5.36.